The van der Waals surface area contributed by atoms with E-state index in [0.717, 1.165) is 0 Å². The maximum atomic E-state index is 12.6. The Morgan fingerprint density at radius 2 is 1.42 bits per heavy atom. The summed E-state index contributed by atoms with van der Waals surface area (Å²) >= 11 is -1.05. The molecule has 0 heterocycles. The number of para-hydroxylation sites is 1. The van der Waals surface area contributed by atoms with Crippen molar-refractivity contribution in [2.45, 2.75) is 6.36 Å². The Hall–Kier alpha value is -1.84. The summed E-state index contributed by atoms with van der Waals surface area (Å²) in [6.45, 7) is 0. The fourth-order valence-corrected chi connectivity index (χ4v) is 4.70. The van der Waals surface area contributed by atoms with Crippen LogP contribution in [0.25, 0.3) is 0 Å². The van der Waals surface area contributed by atoms with E-state index in [2.05, 4.69) is 4.74 Å². The van der Waals surface area contributed by atoms with Crippen molar-refractivity contribution in [2.75, 3.05) is 21.3 Å². The van der Waals surface area contributed by atoms with Crippen molar-refractivity contribution in [3.05, 3.63) is 43.5 Å². The standard InChI is InChI=1S/C16H15F3IO4/c1-21-10-8-13(22-2)15(14(9-10)23-3)20-11-6-4-5-7-12(11)24-16(17,18)19/h4-9H,1-3H3/q+1. The molecule has 0 fully saturated rings. The van der Waals surface area contributed by atoms with E-state index in [4.69, 9.17) is 14.2 Å². The fourth-order valence-electron chi connectivity index (χ4n) is 1.89. The Bertz CT molecular complexity index is 679. The molecule has 0 spiro atoms. The van der Waals surface area contributed by atoms with Crippen LogP contribution in [0.2, 0.25) is 0 Å². The number of hydrogen-bond acceptors (Lipinski definition) is 4. The molecule has 0 radical (unpaired) electrons. The van der Waals surface area contributed by atoms with Crippen molar-refractivity contribution < 1.29 is 53.3 Å². The molecule has 0 unspecified atom stereocenters. The van der Waals surface area contributed by atoms with Crippen LogP contribution in [0.1, 0.15) is 0 Å². The molecule has 24 heavy (non-hydrogen) atoms. The van der Waals surface area contributed by atoms with Crippen LogP contribution in [0.4, 0.5) is 13.2 Å². The van der Waals surface area contributed by atoms with Gasteiger partial charge in [0.1, 0.15) is 5.75 Å². The molecule has 4 nitrogen and oxygen atoms in total. The lowest BCUT2D eigenvalue weighted by Gasteiger charge is -2.10. The van der Waals surface area contributed by atoms with Gasteiger partial charge in [0.25, 0.3) is 3.57 Å². The van der Waals surface area contributed by atoms with Gasteiger partial charge in [0.2, 0.25) is 3.57 Å². The average Bonchev–Trinajstić information content (AvgIpc) is 2.55. The van der Waals surface area contributed by atoms with Gasteiger partial charge in [0.05, 0.1) is 21.3 Å². The summed E-state index contributed by atoms with van der Waals surface area (Å²) in [5.74, 6) is 1.33. The van der Waals surface area contributed by atoms with Gasteiger partial charge in [-0.25, -0.2) is 0 Å². The first-order valence-corrected chi connectivity index (χ1v) is 8.83. The minimum absolute atomic E-state index is 0.210. The van der Waals surface area contributed by atoms with E-state index < -0.39 is 27.6 Å². The number of benzene rings is 2. The Morgan fingerprint density at radius 3 is 1.92 bits per heavy atom. The zero-order chi connectivity index (χ0) is 17.7. The Kier molecular flexibility index (Phi) is 6.03. The highest BCUT2D eigenvalue weighted by atomic mass is 127. The lowest BCUT2D eigenvalue weighted by molar-refractivity contribution is -0.600. The second kappa shape index (κ2) is 7.82. The van der Waals surface area contributed by atoms with Gasteiger partial charge in [-0.15, -0.1) is 13.2 Å². The molecule has 0 amide bonds. The van der Waals surface area contributed by atoms with Gasteiger partial charge in [0.15, 0.2) is 17.2 Å². The molecule has 2 aromatic rings. The highest BCUT2D eigenvalue weighted by Gasteiger charge is 2.36. The molecule has 0 saturated heterocycles. The van der Waals surface area contributed by atoms with E-state index in [1.54, 1.807) is 24.3 Å². The van der Waals surface area contributed by atoms with Crippen LogP contribution in [0.15, 0.2) is 36.4 Å². The highest BCUT2D eigenvalue weighted by molar-refractivity contribution is 5.41. The smallest absolute Gasteiger partial charge is 0.496 e. The average molecular weight is 455 g/mol. The van der Waals surface area contributed by atoms with Crippen molar-refractivity contribution in [3.63, 3.8) is 0 Å². The van der Waals surface area contributed by atoms with Gasteiger partial charge in [-0.05, 0) is 12.1 Å². The molecule has 8 heteroatoms. The number of rotatable bonds is 6. The number of alkyl halides is 3. The second-order valence-corrected chi connectivity index (χ2v) is 7.20. The van der Waals surface area contributed by atoms with Crippen LogP contribution in [-0.2, 0) is 0 Å². The lowest BCUT2D eigenvalue weighted by atomic mass is 10.3. The molecular weight excluding hydrogens is 440 g/mol. The molecule has 0 aliphatic carbocycles. The fraction of sp³-hybridized carbons (Fsp3) is 0.250. The lowest BCUT2D eigenvalue weighted by Crippen LogP contribution is -3.61. The van der Waals surface area contributed by atoms with Gasteiger partial charge in [0, 0.05) is 12.1 Å². The number of ether oxygens (including phenoxy) is 4. The normalized spacial score (nSPS) is 11.1. The zero-order valence-corrected chi connectivity index (χ0v) is 15.3. The summed E-state index contributed by atoms with van der Waals surface area (Å²) in [5.41, 5.74) is 0. The molecule has 2 aromatic carbocycles. The van der Waals surface area contributed by atoms with E-state index >= 15 is 0 Å². The Morgan fingerprint density at radius 1 is 0.833 bits per heavy atom. The summed E-state index contributed by atoms with van der Waals surface area (Å²) < 4.78 is 58.9. The molecule has 0 saturated carbocycles. The van der Waals surface area contributed by atoms with Gasteiger partial charge in [-0.2, -0.15) is 0 Å². The maximum absolute atomic E-state index is 12.6. The van der Waals surface area contributed by atoms with Crippen molar-refractivity contribution in [1.82, 2.24) is 0 Å². The summed E-state index contributed by atoms with van der Waals surface area (Å²) in [4.78, 5) is 0. The molecule has 0 aromatic heterocycles. The van der Waals surface area contributed by atoms with Gasteiger partial charge in [-0.3, -0.25) is 0 Å². The third kappa shape index (κ3) is 4.59. The predicted octanol–water partition coefficient (Wildman–Crippen LogP) is 0.739. The van der Waals surface area contributed by atoms with E-state index in [9.17, 15) is 13.2 Å². The summed E-state index contributed by atoms with van der Waals surface area (Å²) in [6, 6.07) is 9.41. The van der Waals surface area contributed by atoms with Crippen molar-refractivity contribution in [1.29, 1.82) is 0 Å². The molecule has 0 N–H and O–H groups in total. The molecule has 0 atom stereocenters. The van der Waals surface area contributed by atoms with Crippen LogP contribution < -0.4 is 40.2 Å². The highest BCUT2D eigenvalue weighted by Crippen LogP contribution is 2.28. The molecule has 0 aliphatic heterocycles. The predicted molar refractivity (Wildman–Crippen MR) is 76.6 cm³/mol. The zero-order valence-electron chi connectivity index (χ0n) is 13.1. The van der Waals surface area contributed by atoms with Crippen LogP contribution >= 0.6 is 0 Å². The molecule has 0 bridgehead atoms. The summed E-state index contributed by atoms with van der Waals surface area (Å²) in [7, 11) is 4.48. The van der Waals surface area contributed by atoms with E-state index in [1.165, 1.54) is 33.5 Å². The minimum Gasteiger partial charge on any atom is -0.496 e. The largest absolute Gasteiger partial charge is 0.573 e. The van der Waals surface area contributed by atoms with Crippen molar-refractivity contribution >= 4 is 0 Å². The Balaban J connectivity index is 2.45. The third-order valence-electron chi connectivity index (χ3n) is 2.91. The van der Waals surface area contributed by atoms with Crippen molar-refractivity contribution in [2.24, 2.45) is 0 Å². The van der Waals surface area contributed by atoms with Gasteiger partial charge in [-0.1, -0.05) is 12.1 Å². The van der Waals surface area contributed by atoms with Crippen molar-refractivity contribution in [3.8, 4) is 23.0 Å². The SMILES string of the molecule is COc1cc(OC)c([I+]c2ccccc2OC(F)(F)F)c(OC)c1. The first-order chi connectivity index (χ1) is 11.4. The van der Waals surface area contributed by atoms with E-state index in [-0.39, 0.29) is 5.75 Å². The molecule has 130 valence electrons. The molecule has 2 rings (SSSR count). The van der Waals surface area contributed by atoms with Crippen LogP contribution in [-0.4, -0.2) is 27.7 Å². The van der Waals surface area contributed by atoms with Gasteiger partial charge < -0.3 is 18.9 Å². The monoisotopic (exact) mass is 455 g/mol. The number of hydrogen-bond donors (Lipinski definition) is 0. The number of halogens is 4. The van der Waals surface area contributed by atoms with Gasteiger partial charge >= 0.3 is 27.6 Å². The topological polar surface area (TPSA) is 36.9 Å². The minimum atomic E-state index is -4.74. The summed E-state index contributed by atoms with van der Waals surface area (Å²) in [5, 5.41) is 0. The second-order valence-electron chi connectivity index (χ2n) is 4.42. The summed E-state index contributed by atoms with van der Waals surface area (Å²) in [6.07, 6.45) is -4.74. The van der Waals surface area contributed by atoms with E-state index in [0.29, 0.717) is 24.4 Å². The first-order valence-electron chi connectivity index (χ1n) is 6.67. The quantitative estimate of drug-likeness (QED) is 0.603. The third-order valence-corrected chi connectivity index (χ3v) is 5.99. The van der Waals surface area contributed by atoms with E-state index in [1.807, 2.05) is 0 Å². The van der Waals surface area contributed by atoms with Crippen LogP contribution in [0.5, 0.6) is 23.0 Å². The molecular formula is C16H15F3IO4+. The number of methoxy groups -OCH3 is 3. The Labute approximate surface area is 147 Å². The van der Waals surface area contributed by atoms with Crippen LogP contribution in [0.3, 0.4) is 0 Å². The molecule has 0 aliphatic rings. The maximum Gasteiger partial charge on any atom is 0.573 e. The first kappa shape index (κ1) is 18.5. The van der Waals surface area contributed by atoms with Crippen LogP contribution in [0, 0.1) is 7.14 Å².